The summed E-state index contributed by atoms with van der Waals surface area (Å²) in [6.45, 7) is 1.82. The van der Waals surface area contributed by atoms with E-state index >= 15 is 0 Å². The van der Waals surface area contributed by atoms with Crippen LogP contribution >= 0.6 is 0 Å². The summed E-state index contributed by atoms with van der Waals surface area (Å²) >= 11 is 0. The lowest BCUT2D eigenvalue weighted by atomic mass is 10.0. The fraction of sp³-hybridized carbons (Fsp3) is 0.407. The van der Waals surface area contributed by atoms with Crippen LogP contribution in [0, 0.1) is 10.4 Å². The molecule has 0 aliphatic carbocycles. The maximum Gasteiger partial charge on any atom is 0.243 e. The van der Waals surface area contributed by atoms with Gasteiger partial charge in [0.05, 0.1) is 6.04 Å². The highest BCUT2D eigenvalue weighted by Crippen LogP contribution is 2.10. The zero-order valence-corrected chi connectivity index (χ0v) is 23.7. The Kier molecular flexibility index (Phi) is 14.1. The van der Waals surface area contributed by atoms with Gasteiger partial charge in [-0.25, -0.2) is 10.4 Å². The molecule has 16 nitrogen and oxygen atoms in total. The van der Waals surface area contributed by atoms with Crippen LogP contribution in [0.15, 0.2) is 48.5 Å². The van der Waals surface area contributed by atoms with E-state index in [1.807, 2.05) is 0 Å². The molecular formula is C27H40N8O8. The molecule has 0 aliphatic rings. The van der Waals surface area contributed by atoms with Gasteiger partial charge < -0.3 is 43.6 Å². The molecule has 236 valence electrons. The maximum atomic E-state index is 13.3. The molecule has 2 aromatic rings. The molecule has 16 heteroatoms. The zero-order chi connectivity index (χ0) is 32.1. The van der Waals surface area contributed by atoms with E-state index in [4.69, 9.17) is 27.6 Å². The predicted octanol–water partition coefficient (Wildman–Crippen LogP) is -3.31. The summed E-state index contributed by atoms with van der Waals surface area (Å²) in [5.74, 6) is -2.87. The van der Waals surface area contributed by atoms with Gasteiger partial charge in [0, 0.05) is 37.1 Å². The predicted molar refractivity (Wildman–Crippen MR) is 153 cm³/mol. The Labute approximate surface area is 248 Å². The van der Waals surface area contributed by atoms with Crippen molar-refractivity contribution in [2.24, 2.45) is 17.2 Å². The van der Waals surface area contributed by atoms with Crippen molar-refractivity contribution in [2.75, 3.05) is 6.54 Å². The monoisotopic (exact) mass is 604 g/mol. The summed E-state index contributed by atoms with van der Waals surface area (Å²) in [5.41, 5.74) is 18.1. The molecule has 0 fully saturated rings. The number of primary amides is 1. The fourth-order valence-corrected chi connectivity index (χ4v) is 4.06. The first-order chi connectivity index (χ1) is 20.3. The van der Waals surface area contributed by atoms with Crippen LogP contribution in [0.3, 0.4) is 0 Å². The van der Waals surface area contributed by atoms with Crippen molar-refractivity contribution in [2.45, 2.75) is 63.2 Å². The normalized spacial score (nSPS) is 15.3. The van der Waals surface area contributed by atoms with Crippen LogP contribution in [0.25, 0.3) is 0 Å². The number of rotatable bonds is 17. The highest BCUT2D eigenvalue weighted by molar-refractivity contribution is 5.94. The smallest absolute Gasteiger partial charge is 0.243 e. The molecule has 4 amide bonds. The number of nitrogens with two attached hydrogens (primary N) is 3. The molecule has 0 aliphatic heterocycles. The van der Waals surface area contributed by atoms with Crippen molar-refractivity contribution in [1.82, 2.24) is 16.0 Å². The Morgan fingerprint density at radius 1 is 0.767 bits per heavy atom. The molecule has 0 heterocycles. The van der Waals surface area contributed by atoms with Gasteiger partial charge in [-0.15, -0.1) is 0 Å². The third kappa shape index (κ3) is 11.7. The summed E-state index contributed by atoms with van der Waals surface area (Å²) in [6.07, 6.45) is 1.58. The van der Waals surface area contributed by atoms with Gasteiger partial charge in [-0.1, -0.05) is 30.7 Å². The summed E-state index contributed by atoms with van der Waals surface area (Å²) in [6, 6.07) is 7.06. The second-order valence-electron chi connectivity index (χ2n) is 10.1. The second kappa shape index (κ2) is 17.2. The molecule has 0 radical (unpaired) electrons. The Balaban J connectivity index is 2.11. The highest BCUT2D eigenvalue weighted by Gasteiger charge is 2.28. The van der Waals surface area contributed by atoms with Crippen molar-refractivity contribution in [3.8, 4) is 0 Å². The standard InChI is InChI=1S/C27H40N8O8/c1-16(25(37)32-22(24(30)36)14-17-5-9-19(10-6-17)34(40)41)31-27(39)23(33-26(38)21(29)4-2-3-13-28)15-18-7-11-20(12-8-18)35(42)43/h5-12,16,21-23,34-35,40,42H,2-4,13-15,28-29H2,1H3,(H2,30,36)(H,31,39)(H,32,37)(H,33,38). The van der Waals surface area contributed by atoms with E-state index in [1.54, 1.807) is 0 Å². The molecule has 0 spiro atoms. The van der Waals surface area contributed by atoms with E-state index in [0.29, 0.717) is 36.9 Å². The SMILES string of the molecule is CC(NC(=O)C(Cc1ccc([NH+]([O-])O)cc1)NC(=O)C(N)CCCCN)C(=O)NC(Cc1ccc([NH+]([O-])O)cc1)C(N)=O. The largest absolute Gasteiger partial charge is 0.595 e. The van der Waals surface area contributed by atoms with Gasteiger partial charge >= 0.3 is 0 Å². The summed E-state index contributed by atoms with van der Waals surface area (Å²) < 4.78 is 0. The number of quaternary nitrogens is 2. The van der Waals surface area contributed by atoms with E-state index in [9.17, 15) is 29.6 Å². The van der Waals surface area contributed by atoms with Crippen LogP contribution in [0.2, 0.25) is 0 Å². The number of hydrogen-bond donors (Lipinski definition) is 10. The molecule has 6 unspecified atom stereocenters. The van der Waals surface area contributed by atoms with Crippen LogP contribution in [0.5, 0.6) is 0 Å². The molecule has 0 saturated carbocycles. The van der Waals surface area contributed by atoms with Crippen LogP contribution < -0.4 is 43.6 Å². The van der Waals surface area contributed by atoms with Crippen molar-refractivity contribution in [3.63, 3.8) is 0 Å². The van der Waals surface area contributed by atoms with Gasteiger partial charge in [-0.3, -0.25) is 19.2 Å². The minimum Gasteiger partial charge on any atom is -0.595 e. The van der Waals surface area contributed by atoms with Crippen LogP contribution in [-0.4, -0.2) is 64.8 Å². The topological polar surface area (TPSA) is 278 Å². The average Bonchev–Trinajstić information content (AvgIpc) is 2.96. The number of nitrogens with one attached hydrogen (secondary N) is 5. The van der Waals surface area contributed by atoms with E-state index in [1.165, 1.54) is 55.5 Å². The third-order valence-electron chi connectivity index (χ3n) is 6.63. The molecule has 6 atom stereocenters. The van der Waals surface area contributed by atoms with Crippen LogP contribution in [0.1, 0.15) is 37.3 Å². The van der Waals surface area contributed by atoms with Gasteiger partial charge in [0.25, 0.3) is 0 Å². The van der Waals surface area contributed by atoms with Gasteiger partial charge in [0.2, 0.25) is 23.6 Å². The first-order valence-corrected chi connectivity index (χ1v) is 13.6. The lowest BCUT2D eigenvalue weighted by molar-refractivity contribution is -0.991. The van der Waals surface area contributed by atoms with Crippen molar-refractivity contribution in [3.05, 3.63) is 70.1 Å². The van der Waals surface area contributed by atoms with Crippen molar-refractivity contribution < 1.29 is 40.0 Å². The van der Waals surface area contributed by atoms with Crippen molar-refractivity contribution in [1.29, 1.82) is 0 Å². The number of hydrogen-bond acceptors (Lipinski definition) is 10. The quantitative estimate of drug-likeness (QED) is 0.0634. The number of carbonyl (C=O) groups is 4. The number of amides is 4. The Bertz CT molecular complexity index is 1210. The average molecular weight is 605 g/mol. The minimum atomic E-state index is -1.17. The number of unbranched alkanes of at least 4 members (excludes halogenated alkanes) is 1. The van der Waals surface area contributed by atoms with Gasteiger partial charge in [0.15, 0.2) is 11.4 Å². The fourth-order valence-electron chi connectivity index (χ4n) is 4.06. The van der Waals surface area contributed by atoms with Gasteiger partial charge in [-0.05, 0) is 37.4 Å². The first-order valence-electron chi connectivity index (χ1n) is 13.6. The Morgan fingerprint density at radius 2 is 1.23 bits per heavy atom. The molecule has 0 bridgehead atoms. The van der Waals surface area contributed by atoms with Crippen LogP contribution in [-0.2, 0) is 32.0 Å². The Hall–Kier alpha value is -4.00. The summed E-state index contributed by atoms with van der Waals surface area (Å²) in [4.78, 5) is 51.0. The molecule has 2 aromatic carbocycles. The van der Waals surface area contributed by atoms with E-state index in [2.05, 4.69) is 16.0 Å². The molecule has 43 heavy (non-hydrogen) atoms. The van der Waals surface area contributed by atoms with Crippen molar-refractivity contribution >= 4 is 35.0 Å². The first kappa shape index (κ1) is 35.2. The van der Waals surface area contributed by atoms with Crippen LogP contribution in [0.4, 0.5) is 11.4 Å². The minimum absolute atomic E-state index is 0.0191. The summed E-state index contributed by atoms with van der Waals surface area (Å²) in [7, 11) is 0. The third-order valence-corrected chi connectivity index (χ3v) is 6.63. The molecule has 0 saturated heterocycles. The van der Waals surface area contributed by atoms with Gasteiger partial charge in [0.1, 0.15) is 18.1 Å². The Morgan fingerprint density at radius 3 is 1.67 bits per heavy atom. The summed E-state index contributed by atoms with van der Waals surface area (Å²) in [5, 5.41) is 45.8. The lowest BCUT2D eigenvalue weighted by Crippen LogP contribution is -2.99. The van der Waals surface area contributed by atoms with Gasteiger partial charge in [-0.2, -0.15) is 10.5 Å². The van der Waals surface area contributed by atoms with E-state index in [-0.39, 0.29) is 24.2 Å². The molecule has 0 aromatic heterocycles. The molecular weight excluding hydrogens is 564 g/mol. The number of carbonyl (C=O) groups excluding carboxylic acids is 4. The second-order valence-corrected chi connectivity index (χ2v) is 10.1. The molecule has 13 N–H and O–H groups in total. The zero-order valence-electron chi connectivity index (χ0n) is 23.7. The number of benzene rings is 2. The lowest BCUT2D eigenvalue weighted by Gasteiger charge is -2.24. The molecule has 2 rings (SSSR count). The maximum absolute atomic E-state index is 13.3. The van der Waals surface area contributed by atoms with E-state index in [0.717, 1.165) is 0 Å². The highest BCUT2D eigenvalue weighted by atomic mass is 16.8. The van der Waals surface area contributed by atoms with E-state index < -0.39 is 58.2 Å².